The van der Waals surface area contributed by atoms with Crippen LogP contribution in [-0.4, -0.2) is 15.9 Å². The third-order valence-electron chi connectivity index (χ3n) is 3.04. The third kappa shape index (κ3) is 3.41. The molecule has 2 heterocycles. The van der Waals surface area contributed by atoms with E-state index in [1.807, 2.05) is 19.2 Å². The molecule has 23 heavy (non-hydrogen) atoms. The molecule has 4 nitrogen and oxygen atoms in total. The standard InChI is InChI=1S/C15H11ClFN3OS2/c1-7-13(23-8(2)18-7)12-6-22-15(19-12)20-14(21)9-3-4-11(17)10(16)5-9/h3-6H,1-2H3,(H,19,20,21). The Kier molecular flexibility index (Phi) is 4.43. The van der Waals surface area contributed by atoms with Crippen molar-refractivity contribution < 1.29 is 9.18 Å². The maximum atomic E-state index is 13.1. The van der Waals surface area contributed by atoms with Crippen molar-refractivity contribution in [3.8, 4) is 10.6 Å². The molecule has 3 aromatic rings. The fraction of sp³-hybridized carbons (Fsp3) is 0.133. The molecule has 0 aliphatic heterocycles. The van der Waals surface area contributed by atoms with Gasteiger partial charge in [-0.1, -0.05) is 11.6 Å². The molecule has 0 aliphatic carbocycles. The lowest BCUT2D eigenvalue weighted by molar-refractivity contribution is 0.102. The van der Waals surface area contributed by atoms with Gasteiger partial charge in [-0.2, -0.15) is 0 Å². The van der Waals surface area contributed by atoms with Crippen LogP contribution >= 0.6 is 34.3 Å². The lowest BCUT2D eigenvalue weighted by atomic mass is 10.2. The monoisotopic (exact) mass is 367 g/mol. The summed E-state index contributed by atoms with van der Waals surface area (Å²) in [5, 5.41) is 5.91. The highest BCUT2D eigenvalue weighted by molar-refractivity contribution is 7.16. The van der Waals surface area contributed by atoms with Crippen LogP contribution in [0.1, 0.15) is 21.1 Å². The van der Waals surface area contributed by atoms with Gasteiger partial charge in [0.2, 0.25) is 0 Å². The first-order valence-corrected chi connectivity index (χ1v) is 8.68. The summed E-state index contributed by atoms with van der Waals surface area (Å²) in [6.07, 6.45) is 0. The van der Waals surface area contributed by atoms with Gasteiger partial charge in [-0.3, -0.25) is 10.1 Å². The van der Waals surface area contributed by atoms with Gasteiger partial charge in [-0.25, -0.2) is 14.4 Å². The largest absolute Gasteiger partial charge is 0.298 e. The van der Waals surface area contributed by atoms with E-state index in [2.05, 4.69) is 15.3 Å². The fourth-order valence-electron chi connectivity index (χ4n) is 2.01. The van der Waals surface area contributed by atoms with Crippen molar-refractivity contribution >= 4 is 45.3 Å². The second kappa shape index (κ2) is 6.35. The number of nitrogens with zero attached hydrogens (tertiary/aromatic N) is 2. The van der Waals surface area contributed by atoms with Crippen molar-refractivity contribution in [1.82, 2.24) is 9.97 Å². The number of aromatic nitrogens is 2. The van der Waals surface area contributed by atoms with Crippen molar-refractivity contribution in [2.75, 3.05) is 5.32 Å². The second-order valence-electron chi connectivity index (χ2n) is 4.77. The number of carbonyl (C=O) groups excluding carboxylic acids is 1. The molecule has 8 heteroatoms. The molecule has 0 radical (unpaired) electrons. The van der Waals surface area contributed by atoms with E-state index in [4.69, 9.17) is 11.6 Å². The number of rotatable bonds is 3. The summed E-state index contributed by atoms with van der Waals surface area (Å²) in [4.78, 5) is 21.9. The Balaban J connectivity index is 1.80. The van der Waals surface area contributed by atoms with Crippen LogP contribution in [0.4, 0.5) is 9.52 Å². The summed E-state index contributed by atoms with van der Waals surface area (Å²) < 4.78 is 13.1. The van der Waals surface area contributed by atoms with E-state index in [1.165, 1.54) is 23.5 Å². The van der Waals surface area contributed by atoms with E-state index >= 15 is 0 Å². The third-order valence-corrected chi connectivity index (χ3v) is 5.19. The van der Waals surface area contributed by atoms with E-state index < -0.39 is 5.82 Å². The van der Waals surface area contributed by atoms with Gasteiger partial charge in [0.1, 0.15) is 5.82 Å². The van der Waals surface area contributed by atoms with Gasteiger partial charge in [0.25, 0.3) is 5.91 Å². The minimum atomic E-state index is -0.559. The maximum absolute atomic E-state index is 13.1. The first kappa shape index (κ1) is 16.0. The minimum Gasteiger partial charge on any atom is -0.298 e. The zero-order valence-electron chi connectivity index (χ0n) is 12.2. The highest BCUT2D eigenvalue weighted by Gasteiger charge is 2.14. The van der Waals surface area contributed by atoms with Crippen LogP contribution < -0.4 is 5.32 Å². The summed E-state index contributed by atoms with van der Waals surface area (Å²) in [7, 11) is 0. The highest BCUT2D eigenvalue weighted by atomic mass is 35.5. The molecule has 3 rings (SSSR count). The fourth-order valence-corrected chi connectivity index (χ4v) is 3.84. The van der Waals surface area contributed by atoms with Crippen molar-refractivity contribution in [3.63, 3.8) is 0 Å². The number of aryl methyl sites for hydroxylation is 2. The molecule has 0 fully saturated rings. The second-order valence-corrected chi connectivity index (χ2v) is 7.24. The van der Waals surface area contributed by atoms with Crippen LogP contribution in [0, 0.1) is 19.7 Å². The Labute approximate surface area is 145 Å². The zero-order chi connectivity index (χ0) is 16.6. The predicted molar refractivity (Wildman–Crippen MR) is 92.1 cm³/mol. The number of carbonyl (C=O) groups is 1. The van der Waals surface area contributed by atoms with Crippen molar-refractivity contribution in [2.24, 2.45) is 0 Å². The van der Waals surface area contributed by atoms with Gasteiger partial charge in [-0.15, -0.1) is 22.7 Å². The number of benzene rings is 1. The van der Waals surface area contributed by atoms with Crippen LogP contribution in [0.5, 0.6) is 0 Å². The molecule has 0 bridgehead atoms. The smallest absolute Gasteiger partial charge is 0.257 e. The molecule has 0 saturated carbocycles. The normalized spacial score (nSPS) is 10.8. The van der Waals surface area contributed by atoms with Crippen LogP contribution in [0.2, 0.25) is 5.02 Å². The van der Waals surface area contributed by atoms with E-state index in [1.54, 1.807) is 11.3 Å². The number of anilines is 1. The van der Waals surface area contributed by atoms with Crippen molar-refractivity contribution in [3.05, 3.63) is 50.7 Å². The van der Waals surface area contributed by atoms with Crippen LogP contribution in [0.3, 0.4) is 0 Å². The number of hydrogen-bond acceptors (Lipinski definition) is 5. The quantitative estimate of drug-likeness (QED) is 0.714. The summed E-state index contributed by atoms with van der Waals surface area (Å²) in [5.41, 5.74) is 1.98. The summed E-state index contributed by atoms with van der Waals surface area (Å²) in [6, 6.07) is 3.83. The topological polar surface area (TPSA) is 54.9 Å². The van der Waals surface area contributed by atoms with Gasteiger partial charge < -0.3 is 0 Å². The molecule has 0 spiro atoms. The molecule has 1 N–H and O–H groups in total. The molecular weight excluding hydrogens is 357 g/mol. The summed E-state index contributed by atoms with van der Waals surface area (Å²) in [5.74, 6) is -0.944. The van der Waals surface area contributed by atoms with Gasteiger partial charge in [-0.05, 0) is 32.0 Å². The predicted octanol–water partition coefficient (Wildman–Crippen LogP) is 4.93. The van der Waals surface area contributed by atoms with Crippen LogP contribution in [-0.2, 0) is 0 Å². The molecular formula is C15H11ClFN3OS2. The molecule has 0 atom stereocenters. The average molecular weight is 368 g/mol. The number of amides is 1. The summed E-state index contributed by atoms with van der Waals surface area (Å²) >= 11 is 8.57. The lowest BCUT2D eigenvalue weighted by Crippen LogP contribution is -2.11. The van der Waals surface area contributed by atoms with Gasteiger partial charge in [0.15, 0.2) is 5.13 Å². The summed E-state index contributed by atoms with van der Waals surface area (Å²) in [6.45, 7) is 3.87. The Morgan fingerprint density at radius 2 is 2.09 bits per heavy atom. The van der Waals surface area contributed by atoms with E-state index in [0.29, 0.717) is 5.13 Å². The molecule has 1 aromatic carbocycles. The van der Waals surface area contributed by atoms with Gasteiger partial charge >= 0.3 is 0 Å². The van der Waals surface area contributed by atoms with Gasteiger partial charge in [0.05, 0.1) is 26.3 Å². The number of nitrogens with one attached hydrogen (secondary N) is 1. The maximum Gasteiger partial charge on any atom is 0.257 e. The molecule has 1 amide bonds. The molecule has 0 unspecified atom stereocenters. The van der Waals surface area contributed by atoms with Crippen molar-refractivity contribution in [2.45, 2.75) is 13.8 Å². The van der Waals surface area contributed by atoms with Crippen LogP contribution in [0.15, 0.2) is 23.6 Å². The molecule has 0 aliphatic rings. The zero-order valence-corrected chi connectivity index (χ0v) is 14.6. The van der Waals surface area contributed by atoms with Gasteiger partial charge in [0, 0.05) is 10.9 Å². The molecule has 2 aromatic heterocycles. The highest BCUT2D eigenvalue weighted by Crippen LogP contribution is 2.32. The number of hydrogen-bond donors (Lipinski definition) is 1. The Hall–Kier alpha value is -1.83. The Morgan fingerprint density at radius 3 is 2.74 bits per heavy atom. The Morgan fingerprint density at radius 1 is 1.30 bits per heavy atom. The van der Waals surface area contributed by atoms with Crippen LogP contribution in [0.25, 0.3) is 10.6 Å². The SMILES string of the molecule is Cc1nc(C)c(-c2csc(NC(=O)c3ccc(F)c(Cl)c3)n2)s1. The first-order valence-electron chi connectivity index (χ1n) is 6.60. The lowest BCUT2D eigenvalue weighted by Gasteiger charge is -2.02. The molecule has 0 saturated heterocycles. The minimum absolute atomic E-state index is 0.0896. The van der Waals surface area contributed by atoms with Crippen molar-refractivity contribution in [1.29, 1.82) is 0 Å². The van der Waals surface area contributed by atoms with E-state index in [0.717, 1.165) is 27.3 Å². The average Bonchev–Trinajstić information content (AvgIpc) is 3.08. The van der Waals surface area contributed by atoms with E-state index in [-0.39, 0.29) is 16.5 Å². The van der Waals surface area contributed by atoms with E-state index in [9.17, 15) is 9.18 Å². The Bertz CT molecular complexity index is 891. The number of halogens is 2. The first-order chi connectivity index (χ1) is 10.9. The number of thiazole rings is 2. The molecule has 118 valence electrons.